The number of rotatable bonds is 5. The highest BCUT2D eigenvalue weighted by atomic mass is 16.7. The van der Waals surface area contributed by atoms with E-state index in [-0.39, 0.29) is 30.5 Å². The molecule has 4 rings (SSSR count). The molecule has 6 nitrogen and oxygen atoms in total. The smallest absolute Gasteiger partial charge is 0.444 e. The maximum Gasteiger partial charge on any atom is 0.494 e. The van der Waals surface area contributed by atoms with E-state index in [2.05, 4.69) is 39.8 Å². The number of carbonyl (C=O) groups excluding carboxylic acids is 1. The molecule has 146 valence electrons. The zero-order valence-corrected chi connectivity index (χ0v) is 16.6. The first-order chi connectivity index (χ1) is 12.7. The highest BCUT2D eigenvalue weighted by Crippen LogP contribution is 2.36. The number of cyclic esters (lactones) is 1. The molecule has 1 aromatic rings. The normalized spacial score (nSPS) is 27.0. The van der Waals surface area contributed by atoms with Gasteiger partial charge in [0.25, 0.3) is 0 Å². The minimum Gasteiger partial charge on any atom is -0.444 e. The van der Waals surface area contributed by atoms with Crippen LogP contribution in [0.5, 0.6) is 0 Å². The fraction of sp³-hybridized carbons (Fsp3) is 0.650. The van der Waals surface area contributed by atoms with Crippen molar-refractivity contribution in [3.8, 4) is 0 Å². The molecule has 0 unspecified atom stereocenters. The molecular weight excluding hydrogens is 345 g/mol. The monoisotopic (exact) mass is 373 g/mol. The molecule has 0 spiro atoms. The van der Waals surface area contributed by atoms with E-state index in [1.165, 1.54) is 0 Å². The van der Waals surface area contributed by atoms with Gasteiger partial charge in [-0.25, -0.2) is 4.79 Å². The Bertz CT molecular complexity index is 685. The van der Waals surface area contributed by atoms with Gasteiger partial charge in [0.05, 0.1) is 31.0 Å². The molecule has 0 radical (unpaired) electrons. The Hall–Kier alpha value is -1.57. The van der Waals surface area contributed by atoms with Crippen LogP contribution in [0.25, 0.3) is 0 Å². The molecule has 3 heterocycles. The second-order valence-corrected chi connectivity index (χ2v) is 8.85. The van der Waals surface area contributed by atoms with Crippen LogP contribution in [-0.2, 0) is 25.2 Å². The van der Waals surface area contributed by atoms with E-state index in [1.54, 1.807) is 4.90 Å². The lowest BCUT2D eigenvalue weighted by atomic mass is 9.78. The molecular formula is C20H28BNO5. The predicted octanol–water partition coefficient (Wildman–Crippen LogP) is 2.00. The van der Waals surface area contributed by atoms with Crippen LogP contribution in [0.3, 0.4) is 0 Å². The molecule has 27 heavy (non-hydrogen) atoms. The van der Waals surface area contributed by atoms with Crippen molar-refractivity contribution in [2.24, 2.45) is 5.92 Å². The zero-order chi connectivity index (χ0) is 19.2. The third kappa shape index (κ3) is 3.73. The van der Waals surface area contributed by atoms with Gasteiger partial charge in [0.15, 0.2) is 0 Å². The predicted molar refractivity (Wildman–Crippen MR) is 102 cm³/mol. The molecule has 3 aliphatic rings. The second kappa shape index (κ2) is 6.80. The summed E-state index contributed by atoms with van der Waals surface area (Å²) >= 11 is 0. The summed E-state index contributed by atoms with van der Waals surface area (Å²) in [6, 6.07) is 8.21. The van der Waals surface area contributed by atoms with Crippen molar-refractivity contribution in [1.29, 1.82) is 0 Å². The summed E-state index contributed by atoms with van der Waals surface area (Å²) in [6.07, 6.45) is 0.412. The molecule has 1 atom stereocenters. The fourth-order valence-electron chi connectivity index (χ4n) is 3.58. The van der Waals surface area contributed by atoms with Crippen LogP contribution in [0.15, 0.2) is 24.3 Å². The Morgan fingerprint density at radius 1 is 1.07 bits per heavy atom. The molecule has 0 aromatic heterocycles. The van der Waals surface area contributed by atoms with Gasteiger partial charge in [0, 0.05) is 18.9 Å². The zero-order valence-electron chi connectivity index (χ0n) is 16.6. The number of hydrogen-bond acceptors (Lipinski definition) is 5. The lowest BCUT2D eigenvalue weighted by Gasteiger charge is -2.32. The van der Waals surface area contributed by atoms with Gasteiger partial charge in [0.1, 0.15) is 6.10 Å². The van der Waals surface area contributed by atoms with Gasteiger partial charge in [-0.05, 0) is 38.7 Å². The number of nitrogens with zero attached hydrogens (tertiary/aromatic N) is 1. The van der Waals surface area contributed by atoms with Crippen molar-refractivity contribution in [3.63, 3.8) is 0 Å². The van der Waals surface area contributed by atoms with Gasteiger partial charge < -0.3 is 23.7 Å². The third-order valence-electron chi connectivity index (χ3n) is 6.10. The molecule has 0 N–H and O–H groups in total. The van der Waals surface area contributed by atoms with E-state index in [0.29, 0.717) is 18.9 Å². The van der Waals surface area contributed by atoms with Crippen molar-refractivity contribution >= 4 is 18.7 Å². The lowest BCUT2D eigenvalue weighted by Crippen LogP contribution is -2.41. The van der Waals surface area contributed by atoms with E-state index in [0.717, 1.165) is 30.8 Å². The van der Waals surface area contributed by atoms with Crippen LogP contribution in [0, 0.1) is 5.92 Å². The maximum absolute atomic E-state index is 12.0. The van der Waals surface area contributed by atoms with Crippen molar-refractivity contribution in [2.45, 2.75) is 51.4 Å². The first-order valence-corrected chi connectivity index (χ1v) is 9.71. The molecule has 7 heteroatoms. The van der Waals surface area contributed by atoms with Gasteiger partial charge in [-0.15, -0.1) is 0 Å². The minimum atomic E-state index is -0.353. The summed E-state index contributed by atoms with van der Waals surface area (Å²) in [4.78, 5) is 13.8. The van der Waals surface area contributed by atoms with E-state index in [4.69, 9.17) is 18.8 Å². The molecule has 0 aliphatic carbocycles. The Morgan fingerprint density at radius 2 is 1.70 bits per heavy atom. The lowest BCUT2D eigenvalue weighted by molar-refractivity contribution is -0.0406. The van der Waals surface area contributed by atoms with Crippen molar-refractivity contribution in [3.05, 3.63) is 29.8 Å². The molecule has 1 amide bonds. The average molecular weight is 373 g/mol. The van der Waals surface area contributed by atoms with Gasteiger partial charge in [-0.3, -0.25) is 0 Å². The number of carbonyl (C=O) groups is 1. The van der Waals surface area contributed by atoms with Crippen LogP contribution in [-0.4, -0.2) is 61.7 Å². The van der Waals surface area contributed by atoms with Crippen LogP contribution >= 0.6 is 0 Å². The number of hydrogen-bond donors (Lipinski definition) is 0. The van der Waals surface area contributed by atoms with Crippen molar-refractivity contribution < 1.29 is 23.6 Å². The molecule has 0 saturated carbocycles. The minimum absolute atomic E-state index is 0.0961. The standard InChI is InChI=1S/C20H28BNO5/c1-19(2)20(3,4)27-21(26-19)16-7-5-14(6-8-16)9-17-11-22(18(23)25-17)10-15-12-24-13-15/h5-8,15,17H,9-13H2,1-4H3/t17-/m1/s1. The Morgan fingerprint density at radius 3 is 2.26 bits per heavy atom. The number of benzene rings is 1. The molecule has 3 aliphatic heterocycles. The number of amides is 1. The highest BCUT2D eigenvalue weighted by molar-refractivity contribution is 6.62. The van der Waals surface area contributed by atoms with Crippen LogP contribution in [0.1, 0.15) is 33.3 Å². The van der Waals surface area contributed by atoms with E-state index < -0.39 is 0 Å². The third-order valence-corrected chi connectivity index (χ3v) is 6.10. The summed E-state index contributed by atoms with van der Waals surface area (Å²) in [5.41, 5.74) is 1.46. The highest BCUT2D eigenvalue weighted by Gasteiger charge is 2.51. The van der Waals surface area contributed by atoms with Crippen LogP contribution in [0.4, 0.5) is 4.79 Å². The van der Waals surface area contributed by atoms with E-state index in [1.807, 2.05) is 12.1 Å². The SMILES string of the molecule is CC1(C)OB(c2ccc(C[C@@H]3CN(CC4COC4)C(=O)O3)cc2)OC1(C)C. The fourth-order valence-corrected chi connectivity index (χ4v) is 3.58. The summed E-state index contributed by atoms with van der Waals surface area (Å²) in [5, 5.41) is 0. The second-order valence-electron chi connectivity index (χ2n) is 8.85. The van der Waals surface area contributed by atoms with Crippen molar-refractivity contribution in [1.82, 2.24) is 4.90 Å². The summed E-state index contributed by atoms with van der Waals surface area (Å²) in [7, 11) is -0.353. The quantitative estimate of drug-likeness (QED) is 0.739. The Labute approximate surface area is 161 Å². The van der Waals surface area contributed by atoms with Crippen molar-refractivity contribution in [2.75, 3.05) is 26.3 Å². The Balaban J connectivity index is 1.34. The Kier molecular flexibility index (Phi) is 4.73. The first-order valence-electron chi connectivity index (χ1n) is 9.71. The molecule has 3 fully saturated rings. The average Bonchev–Trinajstić information content (AvgIpc) is 3.00. The first kappa shape index (κ1) is 18.8. The van der Waals surface area contributed by atoms with Gasteiger partial charge in [-0.2, -0.15) is 0 Å². The number of ether oxygens (including phenoxy) is 2. The van der Waals surface area contributed by atoms with Gasteiger partial charge in [0.2, 0.25) is 0 Å². The topological polar surface area (TPSA) is 57.2 Å². The van der Waals surface area contributed by atoms with E-state index in [9.17, 15) is 4.79 Å². The summed E-state index contributed by atoms with van der Waals surface area (Å²) in [6.45, 7) is 11.1. The van der Waals surface area contributed by atoms with Crippen LogP contribution < -0.4 is 5.46 Å². The molecule has 0 bridgehead atoms. The maximum atomic E-state index is 12.0. The molecule has 3 saturated heterocycles. The van der Waals surface area contributed by atoms with Gasteiger partial charge in [-0.1, -0.05) is 24.3 Å². The van der Waals surface area contributed by atoms with E-state index >= 15 is 0 Å². The van der Waals surface area contributed by atoms with Crippen LogP contribution in [0.2, 0.25) is 0 Å². The summed E-state index contributed by atoms with van der Waals surface area (Å²) < 4.78 is 22.9. The summed E-state index contributed by atoms with van der Waals surface area (Å²) in [5.74, 6) is 0.454. The molecule has 1 aromatic carbocycles. The van der Waals surface area contributed by atoms with Gasteiger partial charge >= 0.3 is 13.2 Å². The largest absolute Gasteiger partial charge is 0.494 e.